The maximum Gasteiger partial charge on any atom is 0.336 e. The molecule has 0 radical (unpaired) electrons. The van der Waals surface area contributed by atoms with Crippen LogP contribution < -0.4 is 10.4 Å². The van der Waals surface area contributed by atoms with E-state index in [2.05, 4.69) is 47.4 Å². The van der Waals surface area contributed by atoms with Crippen molar-refractivity contribution in [1.82, 2.24) is 4.90 Å². The van der Waals surface area contributed by atoms with E-state index in [0.29, 0.717) is 18.2 Å². The van der Waals surface area contributed by atoms with Crippen LogP contribution in [0.1, 0.15) is 18.4 Å². The fourth-order valence-electron chi connectivity index (χ4n) is 4.26. The highest BCUT2D eigenvalue weighted by Crippen LogP contribution is 2.26. The summed E-state index contributed by atoms with van der Waals surface area (Å²) in [6.45, 7) is 2.65. The van der Waals surface area contributed by atoms with E-state index >= 15 is 0 Å². The van der Waals surface area contributed by atoms with Gasteiger partial charge in [-0.3, -0.25) is 4.90 Å². The van der Waals surface area contributed by atoms with Gasteiger partial charge in [0.2, 0.25) is 0 Å². The normalized spacial score (nSPS) is 17.2. The van der Waals surface area contributed by atoms with E-state index in [1.807, 2.05) is 12.1 Å². The molecular formula is C25H23NO3. The van der Waals surface area contributed by atoms with Crippen molar-refractivity contribution in [2.75, 3.05) is 13.2 Å². The highest BCUT2D eigenvalue weighted by Gasteiger charge is 2.25. The van der Waals surface area contributed by atoms with Crippen LogP contribution in [0.4, 0.5) is 0 Å². The molecule has 5 rings (SSSR count). The molecule has 146 valence electrons. The first-order valence-electron chi connectivity index (χ1n) is 10.1. The van der Waals surface area contributed by atoms with Crippen molar-refractivity contribution in [3.63, 3.8) is 0 Å². The molecule has 1 aliphatic rings. The van der Waals surface area contributed by atoms with E-state index in [0.717, 1.165) is 30.6 Å². The summed E-state index contributed by atoms with van der Waals surface area (Å²) in [7, 11) is 0. The molecule has 0 aliphatic carbocycles. The van der Waals surface area contributed by atoms with Gasteiger partial charge in [0.15, 0.2) is 0 Å². The Morgan fingerprint density at radius 3 is 2.79 bits per heavy atom. The number of fused-ring (bicyclic) bond motifs is 2. The summed E-state index contributed by atoms with van der Waals surface area (Å²) in [5.74, 6) is 0.740. The van der Waals surface area contributed by atoms with Gasteiger partial charge in [0.1, 0.15) is 17.9 Å². The van der Waals surface area contributed by atoms with E-state index in [4.69, 9.17) is 9.15 Å². The second kappa shape index (κ2) is 7.72. The van der Waals surface area contributed by atoms with Gasteiger partial charge in [-0.25, -0.2) is 4.79 Å². The van der Waals surface area contributed by atoms with Gasteiger partial charge in [-0.15, -0.1) is 0 Å². The lowest BCUT2D eigenvalue weighted by atomic mass is 10.0. The first-order valence-corrected chi connectivity index (χ1v) is 10.1. The van der Waals surface area contributed by atoms with Gasteiger partial charge in [-0.2, -0.15) is 0 Å². The minimum Gasteiger partial charge on any atom is -0.492 e. The van der Waals surface area contributed by atoms with Gasteiger partial charge in [-0.05, 0) is 53.9 Å². The summed E-state index contributed by atoms with van der Waals surface area (Å²) in [5, 5.41) is 3.51. The van der Waals surface area contributed by atoms with Crippen LogP contribution in [0.25, 0.3) is 21.7 Å². The first kappa shape index (κ1) is 18.0. The van der Waals surface area contributed by atoms with Crippen molar-refractivity contribution in [2.24, 2.45) is 0 Å². The summed E-state index contributed by atoms with van der Waals surface area (Å²) in [6.07, 6.45) is 2.32. The van der Waals surface area contributed by atoms with E-state index < -0.39 is 0 Å². The highest BCUT2D eigenvalue weighted by atomic mass is 16.5. The standard InChI is InChI=1S/C25H23NO3/c27-25-13-11-19-10-12-22(15-24(19)29-25)28-17-21-8-4-14-26(21)16-20-7-3-6-18-5-1-2-9-23(18)20/h1-3,5-7,9-13,15,21H,4,8,14,16-17H2/t21-/m0/s1. The van der Waals surface area contributed by atoms with Crippen LogP contribution in [0, 0.1) is 0 Å². The first-order chi connectivity index (χ1) is 14.3. The highest BCUT2D eigenvalue weighted by molar-refractivity contribution is 5.85. The summed E-state index contributed by atoms with van der Waals surface area (Å²) in [4.78, 5) is 14.0. The number of rotatable bonds is 5. The Morgan fingerprint density at radius 1 is 0.966 bits per heavy atom. The quantitative estimate of drug-likeness (QED) is 0.454. The van der Waals surface area contributed by atoms with Crippen LogP contribution in [-0.4, -0.2) is 24.1 Å². The molecule has 1 aromatic heterocycles. The number of likely N-dealkylation sites (tertiary alicyclic amines) is 1. The van der Waals surface area contributed by atoms with Gasteiger partial charge < -0.3 is 9.15 Å². The van der Waals surface area contributed by atoms with E-state index in [1.54, 1.807) is 12.1 Å². The van der Waals surface area contributed by atoms with Crippen LogP contribution in [-0.2, 0) is 6.54 Å². The zero-order valence-corrected chi connectivity index (χ0v) is 16.2. The van der Waals surface area contributed by atoms with Gasteiger partial charge in [0.25, 0.3) is 0 Å². The number of hydrogen-bond acceptors (Lipinski definition) is 4. The van der Waals surface area contributed by atoms with Crippen molar-refractivity contribution < 1.29 is 9.15 Å². The molecule has 2 heterocycles. The molecule has 1 saturated heterocycles. The second-order valence-electron chi connectivity index (χ2n) is 7.67. The molecular weight excluding hydrogens is 362 g/mol. The minimum atomic E-state index is -0.341. The largest absolute Gasteiger partial charge is 0.492 e. The molecule has 29 heavy (non-hydrogen) atoms. The number of nitrogens with zero attached hydrogens (tertiary/aromatic N) is 1. The summed E-state index contributed by atoms with van der Waals surface area (Å²) < 4.78 is 11.4. The van der Waals surface area contributed by atoms with E-state index in [-0.39, 0.29) is 5.63 Å². The van der Waals surface area contributed by atoms with Crippen molar-refractivity contribution in [1.29, 1.82) is 0 Å². The fourth-order valence-corrected chi connectivity index (χ4v) is 4.26. The molecule has 3 aromatic carbocycles. The molecule has 1 fully saturated rings. The molecule has 0 spiro atoms. The Bertz CT molecular complexity index is 1210. The van der Waals surface area contributed by atoms with E-state index in [1.165, 1.54) is 28.8 Å². The number of benzene rings is 3. The van der Waals surface area contributed by atoms with Crippen molar-refractivity contribution in [3.05, 3.63) is 88.8 Å². The molecule has 1 aliphatic heterocycles. The number of hydrogen-bond donors (Lipinski definition) is 0. The topological polar surface area (TPSA) is 42.7 Å². The third kappa shape index (κ3) is 3.76. The lowest BCUT2D eigenvalue weighted by Gasteiger charge is -2.25. The van der Waals surface area contributed by atoms with Crippen molar-refractivity contribution in [2.45, 2.75) is 25.4 Å². The molecule has 0 unspecified atom stereocenters. The SMILES string of the molecule is O=c1ccc2ccc(OC[C@@H]3CCCN3Cc3cccc4ccccc34)cc2o1. The Kier molecular flexibility index (Phi) is 4.78. The van der Waals surface area contributed by atoms with Gasteiger partial charge in [-0.1, -0.05) is 42.5 Å². The maximum absolute atomic E-state index is 11.5. The Hall–Kier alpha value is -3.11. The fraction of sp³-hybridized carbons (Fsp3) is 0.240. The molecule has 4 heteroatoms. The third-order valence-electron chi connectivity index (χ3n) is 5.79. The van der Waals surface area contributed by atoms with Crippen LogP contribution in [0.2, 0.25) is 0 Å². The van der Waals surface area contributed by atoms with Crippen molar-refractivity contribution in [3.8, 4) is 5.75 Å². The molecule has 0 bridgehead atoms. The van der Waals surface area contributed by atoms with Gasteiger partial charge >= 0.3 is 5.63 Å². The zero-order valence-electron chi connectivity index (χ0n) is 16.2. The van der Waals surface area contributed by atoms with Crippen molar-refractivity contribution >= 4 is 21.7 Å². The zero-order chi connectivity index (χ0) is 19.6. The summed E-state index contributed by atoms with van der Waals surface area (Å²) >= 11 is 0. The molecule has 1 atom stereocenters. The predicted molar refractivity (Wildman–Crippen MR) is 115 cm³/mol. The molecule has 4 nitrogen and oxygen atoms in total. The van der Waals surface area contributed by atoms with Crippen LogP contribution in [0.3, 0.4) is 0 Å². The lowest BCUT2D eigenvalue weighted by molar-refractivity contribution is 0.167. The number of ether oxygens (including phenoxy) is 1. The summed E-state index contributed by atoms with van der Waals surface area (Å²) in [6, 6.07) is 24.4. The second-order valence-corrected chi connectivity index (χ2v) is 7.67. The Balaban J connectivity index is 1.30. The summed E-state index contributed by atoms with van der Waals surface area (Å²) in [5.41, 5.74) is 1.59. The van der Waals surface area contributed by atoms with Gasteiger partial charge in [0.05, 0.1) is 0 Å². The molecule has 0 N–H and O–H groups in total. The van der Waals surface area contributed by atoms with Crippen LogP contribution in [0.15, 0.2) is 82.0 Å². The smallest absolute Gasteiger partial charge is 0.336 e. The average molecular weight is 385 g/mol. The third-order valence-corrected chi connectivity index (χ3v) is 5.79. The maximum atomic E-state index is 11.5. The minimum absolute atomic E-state index is 0.341. The van der Waals surface area contributed by atoms with Gasteiger partial charge in [0, 0.05) is 30.1 Å². The molecule has 0 saturated carbocycles. The lowest BCUT2D eigenvalue weighted by Crippen LogP contribution is -2.33. The van der Waals surface area contributed by atoms with Crippen LogP contribution >= 0.6 is 0 Å². The Labute approximate surface area is 169 Å². The predicted octanol–water partition coefficient (Wildman–Crippen LogP) is 4.99. The van der Waals surface area contributed by atoms with E-state index in [9.17, 15) is 4.79 Å². The Morgan fingerprint density at radius 2 is 1.83 bits per heavy atom. The van der Waals surface area contributed by atoms with Crippen LogP contribution in [0.5, 0.6) is 5.75 Å². The molecule has 0 amide bonds. The monoisotopic (exact) mass is 385 g/mol. The molecule has 4 aromatic rings. The average Bonchev–Trinajstić information content (AvgIpc) is 3.19.